The molecule has 2 aromatic heterocycles. The average molecular weight is 413 g/mol. The van der Waals surface area contributed by atoms with Gasteiger partial charge < -0.3 is 14.5 Å². The van der Waals surface area contributed by atoms with Gasteiger partial charge in [0.05, 0.1) is 12.2 Å². The number of rotatable bonds is 6. The summed E-state index contributed by atoms with van der Waals surface area (Å²) in [5.74, 6) is 0.694. The summed E-state index contributed by atoms with van der Waals surface area (Å²) in [6.07, 6.45) is 5.18. The summed E-state index contributed by atoms with van der Waals surface area (Å²) in [5, 5.41) is 12.6. The Morgan fingerprint density at radius 3 is 2.83 bits per heavy atom. The number of fused-ring (bicyclic) bond motifs is 1. The Bertz CT molecular complexity index is 993. The number of nitrogens with one attached hydrogen (secondary N) is 1. The topological polar surface area (TPSA) is 92.3 Å². The lowest BCUT2D eigenvalue weighted by Gasteiger charge is -2.20. The normalized spacial score (nSPS) is 16.1. The van der Waals surface area contributed by atoms with Gasteiger partial charge in [0.25, 0.3) is 5.91 Å². The van der Waals surface area contributed by atoms with Crippen molar-refractivity contribution in [2.24, 2.45) is 5.92 Å². The van der Waals surface area contributed by atoms with Crippen molar-refractivity contribution in [3.63, 3.8) is 0 Å². The standard InChI is InChI=1S/C22H24N2O4S/c1-4-14-7-9-17-18(10-14)29-21(19(17)22(26)27-5-2)24-20(25)15(12-23)11-16-8-6-13(3)28-16/h6,8,11,14H,4-5,7,9-10H2,1-3H3,(H,24,25)/b15-11+. The molecule has 1 N–H and O–H groups in total. The summed E-state index contributed by atoms with van der Waals surface area (Å²) < 4.78 is 10.7. The van der Waals surface area contributed by atoms with E-state index < -0.39 is 11.9 Å². The molecule has 2 aromatic rings. The maximum Gasteiger partial charge on any atom is 0.341 e. The van der Waals surface area contributed by atoms with Crippen LogP contribution in [0.1, 0.15) is 59.0 Å². The number of esters is 1. The first kappa shape index (κ1) is 20.9. The van der Waals surface area contributed by atoms with Gasteiger partial charge in [-0.15, -0.1) is 11.3 Å². The van der Waals surface area contributed by atoms with Crippen molar-refractivity contribution >= 4 is 34.3 Å². The molecule has 0 aromatic carbocycles. The molecule has 1 aliphatic carbocycles. The van der Waals surface area contributed by atoms with Crippen LogP contribution in [-0.2, 0) is 22.4 Å². The summed E-state index contributed by atoms with van der Waals surface area (Å²) in [7, 11) is 0. The third-order valence-corrected chi connectivity index (χ3v) is 6.23. The van der Waals surface area contributed by atoms with Gasteiger partial charge in [-0.3, -0.25) is 4.79 Å². The number of anilines is 1. The molecule has 6 nitrogen and oxygen atoms in total. The second kappa shape index (κ2) is 9.10. The molecule has 152 valence electrons. The summed E-state index contributed by atoms with van der Waals surface area (Å²) in [6.45, 7) is 5.97. The number of hydrogen-bond acceptors (Lipinski definition) is 6. The van der Waals surface area contributed by atoms with Gasteiger partial charge >= 0.3 is 5.97 Å². The van der Waals surface area contributed by atoms with E-state index in [1.165, 1.54) is 17.4 Å². The first-order valence-electron chi connectivity index (χ1n) is 9.78. The molecule has 0 saturated carbocycles. The lowest BCUT2D eigenvalue weighted by atomic mass is 9.85. The highest BCUT2D eigenvalue weighted by molar-refractivity contribution is 7.17. The molecule has 0 spiro atoms. The summed E-state index contributed by atoms with van der Waals surface area (Å²) >= 11 is 1.41. The minimum Gasteiger partial charge on any atom is -0.462 e. The SMILES string of the molecule is CCOC(=O)c1c(NC(=O)/C(C#N)=C/c2ccc(C)o2)sc2c1CCC(CC)C2. The van der Waals surface area contributed by atoms with Crippen LogP contribution in [0.5, 0.6) is 0 Å². The van der Waals surface area contributed by atoms with Gasteiger partial charge in [0.1, 0.15) is 28.2 Å². The predicted octanol–water partition coefficient (Wildman–Crippen LogP) is 4.89. The van der Waals surface area contributed by atoms with Crippen LogP contribution in [0, 0.1) is 24.2 Å². The van der Waals surface area contributed by atoms with Crippen molar-refractivity contribution < 1.29 is 18.7 Å². The molecule has 1 unspecified atom stereocenters. The van der Waals surface area contributed by atoms with Gasteiger partial charge in [-0.2, -0.15) is 5.26 Å². The van der Waals surface area contributed by atoms with Gasteiger partial charge in [0.15, 0.2) is 0 Å². The molecule has 0 bridgehead atoms. The number of furan rings is 1. The molecular weight excluding hydrogens is 388 g/mol. The predicted molar refractivity (Wildman–Crippen MR) is 112 cm³/mol. The van der Waals surface area contributed by atoms with Crippen molar-refractivity contribution in [3.05, 3.63) is 45.2 Å². The number of carbonyl (C=O) groups excluding carboxylic acids is 2. The van der Waals surface area contributed by atoms with Crippen molar-refractivity contribution in [1.29, 1.82) is 5.26 Å². The van der Waals surface area contributed by atoms with Crippen LogP contribution >= 0.6 is 11.3 Å². The first-order chi connectivity index (χ1) is 14.0. The highest BCUT2D eigenvalue weighted by Gasteiger charge is 2.30. The number of nitriles is 1. The van der Waals surface area contributed by atoms with Crippen LogP contribution in [0.3, 0.4) is 0 Å². The number of ether oxygens (including phenoxy) is 1. The Kier molecular flexibility index (Phi) is 6.55. The molecule has 7 heteroatoms. The molecule has 0 fully saturated rings. The maximum atomic E-state index is 12.7. The highest BCUT2D eigenvalue weighted by atomic mass is 32.1. The summed E-state index contributed by atoms with van der Waals surface area (Å²) in [6, 6.07) is 5.36. The lowest BCUT2D eigenvalue weighted by molar-refractivity contribution is -0.112. The first-order valence-corrected chi connectivity index (χ1v) is 10.6. The molecule has 0 saturated heterocycles. The lowest BCUT2D eigenvalue weighted by Crippen LogP contribution is -2.17. The molecule has 1 amide bonds. The van der Waals surface area contributed by atoms with E-state index in [2.05, 4.69) is 12.2 Å². The molecule has 1 atom stereocenters. The number of thiophene rings is 1. The quantitative estimate of drug-likeness (QED) is 0.414. The zero-order valence-electron chi connectivity index (χ0n) is 16.8. The fourth-order valence-electron chi connectivity index (χ4n) is 3.50. The van der Waals surface area contributed by atoms with Crippen LogP contribution in [0.4, 0.5) is 5.00 Å². The van der Waals surface area contributed by atoms with Crippen molar-refractivity contribution in [1.82, 2.24) is 0 Å². The average Bonchev–Trinajstić information content (AvgIpc) is 3.27. The molecular formula is C22H24N2O4S. The van der Waals surface area contributed by atoms with E-state index in [4.69, 9.17) is 9.15 Å². The van der Waals surface area contributed by atoms with Crippen LogP contribution in [0.15, 0.2) is 22.1 Å². The Balaban J connectivity index is 1.92. The second-order valence-electron chi connectivity index (χ2n) is 7.02. The Labute approximate surface area is 174 Å². The minimum absolute atomic E-state index is 0.0908. The van der Waals surface area contributed by atoms with Crippen molar-refractivity contribution in [2.75, 3.05) is 11.9 Å². The van der Waals surface area contributed by atoms with E-state index in [9.17, 15) is 14.9 Å². The fraction of sp³-hybridized carbons (Fsp3) is 0.409. The summed E-state index contributed by atoms with van der Waals surface area (Å²) in [5.41, 5.74) is 1.31. The van der Waals surface area contributed by atoms with Gasteiger partial charge in [-0.1, -0.05) is 13.3 Å². The largest absolute Gasteiger partial charge is 0.462 e. The number of amides is 1. The van der Waals surface area contributed by atoms with Crippen LogP contribution < -0.4 is 5.32 Å². The van der Waals surface area contributed by atoms with E-state index in [1.54, 1.807) is 26.0 Å². The third-order valence-electron chi connectivity index (χ3n) is 5.06. The monoisotopic (exact) mass is 412 g/mol. The highest BCUT2D eigenvalue weighted by Crippen LogP contribution is 2.41. The minimum atomic E-state index is -0.572. The van der Waals surface area contributed by atoms with Gasteiger partial charge in [-0.05, 0) is 56.7 Å². The van der Waals surface area contributed by atoms with Crippen molar-refractivity contribution in [3.8, 4) is 6.07 Å². The smallest absolute Gasteiger partial charge is 0.341 e. The zero-order valence-corrected chi connectivity index (χ0v) is 17.6. The fourth-order valence-corrected chi connectivity index (χ4v) is 4.85. The third kappa shape index (κ3) is 4.60. The van der Waals surface area contributed by atoms with Crippen LogP contribution in [0.25, 0.3) is 6.08 Å². The Morgan fingerprint density at radius 1 is 1.41 bits per heavy atom. The summed E-state index contributed by atoms with van der Waals surface area (Å²) in [4.78, 5) is 26.5. The van der Waals surface area contributed by atoms with Gasteiger partial charge in [0, 0.05) is 11.0 Å². The Morgan fingerprint density at radius 2 is 2.21 bits per heavy atom. The number of hydrogen-bond donors (Lipinski definition) is 1. The number of nitrogens with zero attached hydrogens (tertiary/aromatic N) is 1. The van der Waals surface area contributed by atoms with E-state index >= 15 is 0 Å². The number of carbonyl (C=O) groups is 2. The number of aryl methyl sites for hydroxylation is 1. The molecule has 0 radical (unpaired) electrons. The molecule has 2 heterocycles. The van der Waals surface area contributed by atoms with E-state index in [0.717, 1.165) is 36.1 Å². The van der Waals surface area contributed by atoms with Crippen LogP contribution in [-0.4, -0.2) is 18.5 Å². The maximum absolute atomic E-state index is 12.7. The second-order valence-corrected chi connectivity index (χ2v) is 8.12. The van der Waals surface area contributed by atoms with Crippen molar-refractivity contribution in [2.45, 2.75) is 46.5 Å². The van der Waals surface area contributed by atoms with E-state index in [-0.39, 0.29) is 12.2 Å². The van der Waals surface area contributed by atoms with E-state index in [0.29, 0.717) is 28.0 Å². The molecule has 0 aliphatic heterocycles. The Hall–Kier alpha value is -2.85. The molecule has 1 aliphatic rings. The van der Waals surface area contributed by atoms with Gasteiger partial charge in [0.2, 0.25) is 0 Å². The van der Waals surface area contributed by atoms with Crippen LogP contribution in [0.2, 0.25) is 0 Å². The zero-order chi connectivity index (χ0) is 21.0. The van der Waals surface area contributed by atoms with Gasteiger partial charge in [-0.25, -0.2) is 4.79 Å². The van der Waals surface area contributed by atoms with E-state index in [1.807, 2.05) is 6.07 Å². The molecule has 3 rings (SSSR count). The molecule has 29 heavy (non-hydrogen) atoms.